The Balaban J connectivity index is 2.53. The molecule has 0 aromatic heterocycles. The Bertz CT molecular complexity index is 430. The van der Waals surface area contributed by atoms with Crippen LogP contribution in [0.4, 0.5) is 0 Å². The smallest absolute Gasteiger partial charge is 0.169 e. The van der Waals surface area contributed by atoms with E-state index in [0.29, 0.717) is 24.2 Å². The maximum Gasteiger partial charge on any atom is 0.169 e. The van der Waals surface area contributed by atoms with E-state index in [4.69, 9.17) is 4.74 Å². The second-order valence-corrected chi connectivity index (χ2v) is 4.90. The van der Waals surface area contributed by atoms with Crippen LogP contribution >= 0.6 is 15.9 Å². The third kappa shape index (κ3) is 1.76. The molecule has 0 spiro atoms. The van der Waals surface area contributed by atoms with Crippen LogP contribution in [0, 0.1) is 0 Å². The number of benzene rings is 1. The summed E-state index contributed by atoms with van der Waals surface area (Å²) in [7, 11) is 1.54. The summed E-state index contributed by atoms with van der Waals surface area (Å²) in [5, 5.41) is 10.4. The molecule has 86 valence electrons. The summed E-state index contributed by atoms with van der Waals surface area (Å²) >= 11 is 3.34. The van der Waals surface area contributed by atoms with Crippen LogP contribution < -0.4 is 4.74 Å². The molecule has 1 aromatic carbocycles. The summed E-state index contributed by atoms with van der Waals surface area (Å²) in [6, 6.07) is 5.33. The van der Waals surface area contributed by atoms with Crippen molar-refractivity contribution in [2.24, 2.45) is 0 Å². The molecule has 1 aliphatic carbocycles. The number of ether oxygens (including phenoxy) is 1. The van der Waals surface area contributed by atoms with Crippen LogP contribution in [0.5, 0.6) is 5.75 Å². The highest BCUT2D eigenvalue weighted by atomic mass is 79.9. The van der Waals surface area contributed by atoms with Gasteiger partial charge in [0.15, 0.2) is 11.4 Å². The molecule has 1 N–H and O–H groups in total. The second-order valence-electron chi connectivity index (χ2n) is 3.98. The van der Waals surface area contributed by atoms with E-state index in [1.54, 1.807) is 12.1 Å². The molecule has 1 saturated carbocycles. The number of hydrogen-bond acceptors (Lipinski definition) is 3. The minimum absolute atomic E-state index is 0.121. The van der Waals surface area contributed by atoms with E-state index in [-0.39, 0.29) is 5.78 Å². The maximum atomic E-state index is 11.8. The Labute approximate surface area is 103 Å². The maximum absolute atomic E-state index is 11.8. The first-order valence-electron chi connectivity index (χ1n) is 5.17. The van der Waals surface area contributed by atoms with Crippen molar-refractivity contribution in [1.29, 1.82) is 0 Å². The highest BCUT2D eigenvalue weighted by Gasteiger charge is 2.43. The fourth-order valence-electron chi connectivity index (χ4n) is 2.14. The molecule has 0 bridgehead atoms. The molecular weight excluding hydrogens is 272 g/mol. The second kappa shape index (κ2) is 4.18. The van der Waals surface area contributed by atoms with Gasteiger partial charge in [0.05, 0.1) is 7.11 Å². The molecule has 1 unspecified atom stereocenters. The van der Waals surface area contributed by atoms with Crippen molar-refractivity contribution >= 4 is 21.7 Å². The molecule has 2 rings (SSSR count). The van der Waals surface area contributed by atoms with Crippen LogP contribution in [0.2, 0.25) is 0 Å². The van der Waals surface area contributed by atoms with Crippen LogP contribution in [0.3, 0.4) is 0 Å². The summed E-state index contributed by atoms with van der Waals surface area (Å²) in [4.78, 5) is 11.8. The summed E-state index contributed by atoms with van der Waals surface area (Å²) < 4.78 is 6.02. The molecule has 3 nitrogen and oxygen atoms in total. The standard InChI is InChI=1S/C12H13BrO3/c1-16-10-5-4-8(13)7-9(10)12(15)6-2-3-11(12)14/h4-5,7,15H,2-3,6H2,1H3. The van der Waals surface area contributed by atoms with E-state index < -0.39 is 5.60 Å². The molecule has 0 saturated heterocycles. The monoisotopic (exact) mass is 284 g/mol. The number of carbonyl (C=O) groups is 1. The minimum Gasteiger partial charge on any atom is -0.496 e. The van der Waals surface area contributed by atoms with Crippen molar-refractivity contribution in [3.8, 4) is 5.75 Å². The number of aliphatic hydroxyl groups is 1. The van der Waals surface area contributed by atoms with Gasteiger partial charge in [0.2, 0.25) is 0 Å². The lowest BCUT2D eigenvalue weighted by Crippen LogP contribution is -2.30. The fraction of sp³-hybridized carbons (Fsp3) is 0.417. The zero-order valence-corrected chi connectivity index (χ0v) is 10.6. The van der Waals surface area contributed by atoms with Crippen molar-refractivity contribution in [1.82, 2.24) is 0 Å². The average molecular weight is 285 g/mol. The van der Waals surface area contributed by atoms with Crippen molar-refractivity contribution in [2.45, 2.75) is 24.9 Å². The zero-order valence-electron chi connectivity index (χ0n) is 9.00. The van der Waals surface area contributed by atoms with E-state index in [0.717, 1.165) is 10.9 Å². The topological polar surface area (TPSA) is 46.5 Å². The summed E-state index contributed by atoms with van der Waals surface area (Å²) in [6.07, 6.45) is 1.63. The number of carbonyl (C=O) groups excluding carboxylic acids is 1. The van der Waals surface area contributed by atoms with Gasteiger partial charge >= 0.3 is 0 Å². The normalized spacial score (nSPS) is 24.8. The van der Waals surface area contributed by atoms with Crippen LogP contribution in [0.15, 0.2) is 22.7 Å². The van der Waals surface area contributed by atoms with Crippen LogP contribution in [-0.4, -0.2) is 18.0 Å². The predicted octanol–water partition coefficient (Wildman–Crippen LogP) is 2.40. The van der Waals surface area contributed by atoms with Crippen molar-refractivity contribution in [2.75, 3.05) is 7.11 Å². The summed E-state index contributed by atoms with van der Waals surface area (Å²) in [6.45, 7) is 0. The predicted molar refractivity (Wildman–Crippen MR) is 63.4 cm³/mol. The van der Waals surface area contributed by atoms with Crippen LogP contribution in [0.25, 0.3) is 0 Å². The van der Waals surface area contributed by atoms with Gasteiger partial charge in [-0.2, -0.15) is 0 Å². The molecular formula is C12H13BrO3. The number of halogens is 1. The molecule has 1 aliphatic rings. The lowest BCUT2D eigenvalue weighted by Gasteiger charge is -2.23. The SMILES string of the molecule is COc1ccc(Br)cc1C1(O)CCCC1=O. The molecule has 1 aromatic rings. The molecule has 16 heavy (non-hydrogen) atoms. The quantitative estimate of drug-likeness (QED) is 0.907. The first kappa shape index (κ1) is 11.6. The Morgan fingerprint density at radius 3 is 2.81 bits per heavy atom. The Morgan fingerprint density at radius 2 is 2.25 bits per heavy atom. The molecule has 0 heterocycles. The molecule has 1 atom stereocenters. The third-order valence-electron chi connectivity index (χ3n) is 3.01. The lowest BCUT2D eigenvalue weighted by atomic mass is 9.90. The number of hydrogen-bond donors (Lipinski definition) is 1. The summed E-state index contributed by atoms with van der Waals surface area (Å²) in [5.41, 5.74) is -0.804. The highest BCUT2D eigenvalue weighted by Crippen LogP contribution is 2.41. The molecule has 0 aliphatic heterocycles. The number of rotatable bonds is 2. The van der Waals surface area contributed by atoms with Gasteiger partial charge in [-0.15, -0.1) is 0 Å². The number of Topliss-reactive ketones (excluding diaryl/α,β-unsaturated/α-hetero) is 1. The van der Waals surface area contributed by atoms with Crippen molar-refractivity contribution < 1.29 is 14.6 Å². The molecule has 4 heteroatoms. The highest BCUT2D eigenvalue weighted by molar-refractivity contribution is 9.10. The van der Waals surface area contributed by atoms with Crippen molar-refractivity contribution in [3.05, 3.63) is 28.2 Å². The van der Waals surface area contributed by atoms with Gasteiger partial charge in [0.1, 0.15) is 5.75 Å². The van der Waals surface area contributed by atoms with Gasteiger partial charge in [-0.25, -0.2) is 0 Å². The summed E-state index contributed by atoms with van der Waals surface area (Å²) in [5.74, 6) is 0.435. The molecule has 1 fully saturated rings. The van der Waals surface area contributed by atoms with E-state index >= 15 is 0 Å². The van der Waals surface area contributed by atoms with Gasteiger partial charge in [-0.05, 0) is 31.0 Å². The minimum atomic E-state index is -1.37. The van der Waals surface area contributed by atoms with E-state index in [1.807, 2.05) is 6.07 Å². The van der Waals surface area contributed by atoms with Gasteiger partial charge in [-0.1, -0.05) is 15.9 Å². The van der Waals surface area contributed by atoms with Crippen LogP contribution in [0.1, 0.15) is 24.8 Å². The van der Waals surface area contributed by atoms with Gasteiger partial charge in [0, 0.05) is 16.5 Å². The van der Waals surface area contributed by atoms with Crippen LogP contribution in [-0.2, 0) is 10.4 Å². The number of ketones is 1. The van der Waals surface area contributed by atoms with E-state index in [2.05, 4.69) is 15.9 Å². The Morgan fingerprint density at radius 1 is 1.50 bits per heavy atom. The largest absolute Gasteiger partial charge is 0.496 e. The molecule has 0 amide bonds. The van der Waals surface area contributed by atoms with E-state index in [9.17, 15) is 9.90 Å². The molecule has 0 radical (unpaired) electrons. The van der Waals surface area contributed by atoms with Crippen molar-refractivity contribution in [3.63, 3.8) is 0 Å². The van der Waals surface area contributed by atoms with E-state index in [1.165, 1.54) is 7.11 Å². The first-order valence-corrected chi connectivity index (χ1v) is 5.97. The van der Waals surface area contributed by atoms with Gasteiger partial charge < -0.3 is 9.84 Å². The van der Waals surface area contributed by atoms with Gasteiger partial charge in [-0.3, -0.25) is 4.79 Å². The fourth-order valence-corrected chi connectivity index (χ4v) is 2.50. The Hall–Kier alpha value is -0.870. The Kier molecular flexibility index (Phi) is 3.04. The average Bonchev–Trinajstić information content (AvgIpc) is 2.60. The lowest BCUT2D eigenvalue weighted by molar-refractivity contribution is -0.134. The number of methoxy groups -OCH3 is 1. The van der Waals surface area contributed by atoms with Gasteiger partial charge in [0.25, 0.3) is 0 Å². The third-order valence-corrected chi connectivity index (χ3v) is 3.50. The zero-order chi connectivity index (χ0) is 11.8. The first-order chi connectivity index (χ1) is 7.58.